The van der Waals surface area contributed by atoms with Crippen molar-refractivity contribution < 1.29 is 31.5 Å². The molecule has 0 spiro atoms. The first kappa shape index (κ1) is 31.5. The van der Waals surface area contributed by atoms with Gasteiger partial charge in [0.2, 0.25) is 10.0 Å². The van der Waals surface area contributed by atoms with Crippen molar-refractivity contribution in [2.45, 2.75) is 51.8 Å². The van der Waals surface area contributed by atoms with Crippen LogP contribution in [-0.2, 0) is 14.8 Å². The molecule has 1 aromatic carbocycles. The van der Waals surface area contributed by atoms with Crippen LogP contribution < -0.4 is 19.7 Å². The summed E-state index contributed by atoms with van der Waals surface area (Å²) < 4.78 is 65.0. The lowest BCUT2D eigenvalue weighted by atomic mass is 9.98. The Kier molecular flexibility index (Phi) is 10.7. The van der Waals surface area contributed by atoms with E-state index >= 15 is 0 Å². The van der Waals surface area contributed by atoms with Gasteiger partial charge in [0.15, 0.2) is 0 Å². The second-order valence-corrected chi connectivity index (χ2v) is 13.3. The number of hydrogen-bond donors (Lipinski definition) is 2. The maximum Gasteiger partial charge on any atom is 0.251 e. The van der Waals surface area contributed by atoms with E-state index in [2.05, 4.69) is 22.5 Å². The van der Waals surface area contributed by atoms with Gasteiger partial charge >= 0.3 is 0 Å². The molecule has 2 N–H and O–H groups in total. The van der Waals surface area contributed by atoms with Gasteiger partial charge in [0, 0.05) is 51.1 Å². The van der Waals surface area contributed by atoms with Gasteiger partial charge in [-0.1, -0.05) is 13.8 Å². The summed E-state index contributed by atoms with van der Waals surface area (Å²) in [6, 6.07) is 5.36. The first-order valence-electron chi connectivity index (χ1n) is 13.4. The van der Waals surface area contributed by atoms with Crippen LogP contribution in [0.1, 0.15) is 50.9 Å². The number of hydrogen-bond acceptors (Lipinski definition) is 7. The van der Waals surface area contributed by atoms with Gasteiger partial charge in [0.05, 0.1) is 11.3 Å². The Morgan fingerprint density at radius 1 is 1.15 bits per heavy atom. The highest BCUT2D eigenvalue weighted by molar-refractivity contribution is 7.93. The molecule has 3 rings (SSSR count). The van der Waals surface area contributed by atoms with E-state index in [0.29, 0.717) is 37.2 Å². The van der Waals surface area contributed by atoms with E-state index in [0.717, 1.165) is 28.9 Å². The number of nitrogens with one attached hydrogen (secondary N) is 2. The molecule has 0 bridgehead atoms. The third-order valence-corrected chi connectivity index (χ3v) is 9.38. The van der Waals surface area contributed by atoms with Gasteiger partial charge in [-0.25, -0.2) is 22.2 Å². The lowest BCUT2D eigenvalue weighted by Crippen LogP contribution is -2.44. The first-order chi connectivity index (χ1) is 18.8. The van der Waals surface area contributed by atoms with Crippen molar-refractivity contribution in [1.82, 2.24) is 10.3 Å². The number of rotatable bonds is 15. The average Bonchev–Trinajstić information content (AvgIpc) is 3.61. The predicted molar refractivity (Wildman–Crippen MR) is 151 cm³/mol. The summed E-state index contributed by atoms with van der Waals surface area (Å²) in [7, 11) is -0.711. The Balaban J connectivity index is 1.86. The molecule has 1 aliphatic carbocycles. The second kappa shape index (κ2) is 13.6. The largest absolute Gasteiger partial charge is 0.491 e. The SMILES string of the molecule is COCCC(C)C(COc1cc(F)cc(F)c1)NC(=O)c1cc(NCC2CC2C)nc(N(C)S(=O)(=O)C(C)C)c1. The van der Waals surface area contributed by atoms with Gasteiger partial charge < -0.3 is 20.1 Å². The number of anilines is 2. The predicted octanol–water partition coefficient (Wildman–Crippen LogP) is 4.45. The summed E-state index contributed by atoms with van der Waals surface area (Å²) in [6.07, 6.45) is 1.68. The fourth-order valence-electron chi connectivity index (χ4n) is 4.17. The van der Waals surface area contributed by atoms with Gasteiger partial charge in [-0.05, 0) is 56.6 Å². The van der Waals surface area contributed by atoms with E-state index < -0.39 is 38.9 Å². The Morgan fingerprint density at radius 2 is 1.80 bits per heavy atom. The summed E-state index contributed by atoms with van der Waals surface area (Å²) >= 11 is 0. The average molecular weight is 583 g/mol. The van der Waals surface area contributed by atoms with Crippen LogP contribution in [0.4, 0.5) is 20.4 Å². The Bertz CT molecular complexity index is 1260. The van der Waals surface area contributed by atoms with Crippen molar-refractivity contribution in [3.63, 3.8) is 0 Å². The molecule has 1 fully saturated rings. The summed E-state index contributed by atoms with van der Waals surface area (Å²) in [5.74, 6) is -0.526. The molecule has 12 heteroatoms. The maximum atomic E-state index is 13.7. The number of ether oxygens (including phenoxy) is 2. The molecule has 4 unspecified atom stereocenters. The Morgan fingerprint density at radius 3 is 2.38 bits per heavy atom. The summed E-state index contributed by atoms with van der Waals surface area (Å²) in [5.41, 5.74) is 0.211. The molecule has 1 aromatic heterocycles. The fourth-order valence-corrected chi connectivity index (χ4v) is 5.15. The number of methoxy groups -OCH3 is 1. The smallest absolute Gasteiger partial charge is 0.251 e. The zero-order chi connectivity index (χ0) is 29.6. The number of pyridine rings is 1. The Hall–Kier alpha value is -2.99. The molecular weight excluding hydrogens is 542 g/mol. The molecule has 0 aliphatic heterocycles. The lowest BCUT2D eigenvalue weighted by Gasteiger charge is -2.26. The molecular formula is C28H40F2N4O5S. The summed E-state index contributed by atoms with van der Waals surface area (Å²) in [5, 5.41) is 5.51. The number of amides is 1. The minimum atomic E-state index is -3.69. The van der Waals surface area contributed by atoms with E-state index in [9.17, 15) is 22.0 Å². The van der Waals surface area contributed by atoms with Gasteiger partial charge in [0.25, 0.3) is 5.91 Å². The van der Waals surface area contributed by atoms with Crippen molar-refractivity contribution in [3.8, 4) is 5.75 Å². The number of carbonyl (C=O) groups is 1. The molecule has 1 aliphatic rings. The summed E-state index contributed by atoms with van der Waals surface area (Å²) in [6.45, 7) is 8.26. The number of benzene rings is 1. The molecule has 0 radical (unpaired) electrons. The van der Waals surface area contributed by atoms with Crippen molar-refractivity contribution in [2.75, 3.05) is 43.5 Å². The maximum absolute atomic E-state index is 13.7. The van der Waals surface area contributed by atoms with E-state index in [1.807, 2.05) is 6.92 Å². The monoisotopic (exact) mass is 582 g/mol. The third kappa shape index (κ3) is 8.50. The van der Waals surface area contributed by atoms with Crippen molar-refractivity contribution in [2.24, 2.45) is 17.8 Å². The highest BCUT2D eigenvalue weighted by Gasteiger charge is 2.32. The Labute approximate surface area is 235 Å². The van der Waals surface area contributed by atoms with Crippen molar-refractivity contribution >= 4 is 27.6 Å². The number of nitrogens with zero attached hydrogens (tertiary/aromatic N) is 2. The quantitative estimate of drug-likeness (QED) is 0.319. The van der Waals surface area contributed by atoms with Crippen molar-refractivity contribution in [1.29, 1.82) is 0 Å². The van der Waals surface area contributed by atoms with Gasteiger partial charge in [-0.2, -0.15) is 0 Å². The van der Waals surface area contributed by atoms with Crippen LogP contribution in [0.2, 0.25) is 0 Å². The van der Waals surface area contributed by atoms with Crippen LogP contribution in [0.15, 0.2) is 30.3 Å². The molecule has 1 saturated carbocycles. The molecule has 9 nitrogen and oxygen atoms in total. The zero-order valence-corrected chi connectivity index (χ0v) is 24.7. The number of carbonyl (C=O) groups excluding carboxylic acids is 1. The second-order valence-electron chi connectivity index (χ2n) is 10.8. The fraction of sp³-hybridized carbons (Fsp3) is 0.571. The van der Waals surface area contributed by atoms with E-state index in [1.54, 1.807) is 27.0 Å². The van der Waals surface area contributed by atoms with Gasteiger partial charge in [0.1, 0.15) is 35.6 Å². The summed E-state index contributed by atoms with van der Waals surface area (Å²) in [4.78, 5) is 18.0. The van der Waals surface area contributed by atoms with Crippen LogP contribution >= 0.6 is 0 Å². The minimum Gasteiger partial charge on any atom is -0.491 e. The molecule has 222 valence electrons. The molecule has 2 aromatic rings. The normalized spacial score (nSPS) is 18.2. The number of sulfonamides is 1. The highest BCUT2D eigenvalue weighted by Crippen LogP contribution is 2.37. The van der Waals surface area contributed by atoms with Crippen LogP contribution in [-0.4, -0.2) is 64.5 Å². The van der Waals surface area contributed by atoms with Crippen LogP contribution in [0, 0.1) is 29.4 Å². The number of halogens is 2. The van der Waals surface area contributed by atoms with Crippen LogP contribution in [0.3, 0.4) is 0 Å². The first-order valence-corrected chi connectivity index (χ1v) is 14.9. The molecule has 4 atom stereocenters. The van der Waals surface area contributed by atoms with E-state index in [4.69, 9.17) is 9.47 Å². The zero-order valence-electron chi connectivity index (χ0n) is 23.9. The highest BCUT2D eigenvalue weighted by atomic mass is 32.2. The topological polar surface area (TPSA) is 110 Å². The number of aromatic nitrogens is 1. The molecule has 0 saturated heterocycles. The van der Waals surface area contributed by atoms with Gasteiger partial charge in [-0.15, -0.1) is 0 Å². The van der Waals surface area contributed by atoms with Crippen LogP contribution in [0.25, 0.3) is 0 Å². The molecule has 1 amide bonds. The van der Waals surface area contributed by atoms with Crippen LogP contribution in [0.5, 0.6) is 5.75 Å². The molecule has 1 heterocycles. The standard InChI is InChI=1S/C28H40F2N4O5S/c1-17(2)40(36,37)34(5)27-11-20(10-26(33-27)31-15-21-9-19(21)4)28(35)32-25(18(3)7-8-38-6)16-39-24-13-22(29)12-23(30)14-24/h10-14,17-19,21,25H,7-9,15-16H2,1-6H3,(H,31,33)(H,32,35). The minimum absolute atomic E-state index is 0.00296. The van der Waals surface area contributed by atoms with E-state index in [-0.39, 0.29) is 29.7 Å². The lowest BCUT2D eigenvalue weighted by molar-refractivity contribution is 0.0883. The van der Waals surface area contributed by atoms with E-state index in [1.165, 1.54) is 13.1 Å². The van der Waals surface area contributed by atoms with Crippen molar-refractivity contribution in [3.05, 3.63) is 47.5 Å². The van der Waals surface area contributed by atoms with Gasteiger partial charge in [-0.3, -0.25) is 9.10 Å². The molecule has 40 heavy (non-hydrogen) atoms. The third-order valence-electron chi connectivity index (χ3n) is 7.24.